The van der Waals surface area contributed by atoms with Crippen molar-refractivity contribution in [3.8, 4) is 17.0 Å². The summed E-state index contributed by atoms with van der Waals surface area (Å²) >= 11 is 0. The second kappa shape index (κ2) is 6.93. The molecule has 0 N–H and O–H groups in total. The second-order valence-electron chi connectivity index (χ2n) is 7.77. The van der Waals surface area contributed by atoms with Gasteiger partial charge in [-0.05, 0) is 68.5 Å². The molecule has 27 heavy (non-hydrogen) atoms. The van der Waals surface area contributed by atoms with E-state index >= 15 is 0 Å². The van der Waals surface area contributed by atoms with E-state index < -0.39 is 0 Å². The highest BCUT2D eigenvalue weighted by Gasteiger charge is 2.29. The van der Waals surface area contributed by atoms with Gasteiger partial charge in [-0.3, -0.25) is 0 Å². The fourth-order valence-electron chi connectivity index (χ4n) is 4.14. The van der Waals surface area contributed by atoms with Crippen molar-refractivity contribution in [3.63, 3.8) is 0 Å². The third-order valence-corrected chi connectivity index (χ3v) is 5.98. The average Bonchev–Trinajstić information content (AvgIpc) is 3.09. The van der Waals surface area contributed by atoms with Gasteiger partial charge in [-0.2, -0.15) is 9.61 Å². The molecule has 1 saturated heterocycles. The molecule has 3 heterocycles. The molecule has 0 atom stereocenters. The number of benzene rings is 1. The lowest BCUT2D eigenvalue weighted by Gasteiger charge is -2.41. The SMILES string of the molecule is Cc1cc2nncn2nc1-c1ccc(OC2CCN(C3CCC3)CC2)cc1. The Kier molecular flexibility index (Phi) is 4.28. The van der Waals surface area contributed by atoms with Crippen molar-refractivity contribution >= 4 is 5.65 Å². The zero-order valence-electron chi connectivity index (χ0n) is 15.7. The third-order valence-electron chi connectivity index (χ3n) is 5.98. The Balaban J connectivity index is 1.25. The first-order valence-corrected chi connectivity index (χ1v) is 9.95. The Morgan fingerprint density at radius 1 is 1.04 bits per heavy atom. The van der Waals surface area contributed by atoms with Gasteiger partial charge in [0.2, 0.25) is 0 Å². The maximum atomic E-state index is 6.24. The fourth-order valence-corrected chi connectivity index (χ4v) is 4.14. The molecule has 140 valence electrons. The standard InChI is InChI=1S/C21H25N5O/c1-15-13-20-23-22-14-26(20)24-21(15)16-5-7-18(8-6-16)27-19-9-11-25(12-10-19)17-3-2-4-17/h5-8,13-14,17,19H,2-4,9-12H2,1H3. The molecule has 2 aromatic heterocycles. The number of hydrogen-bond acceptors (Lipinski definition) is 5. The van der Waals surface area contributed by atoms with Crippen LogP contribution in [0.25, 0.3) is 16.9 Å². The number of ether oxygens (including phenoxy) is 1. The summed E-state index contributed by atoms with van der Waals surface area (Å²) in [5, 5.41) is 12.6. The zero-order chi connectivity index (χ0) is 18.2. The van der Waals surface area contributed by atoms with Gasteiger partial charge in [-0.25, -0.2) is 0 Å². The van der Waals surface area contributed by atoms with Crippen molar-refractivity contribution in [2.24, 2.45) is 0 Å². The summed E-state index contributed by atoms with van der Waals surface area (Å²) in [4.78, 5) is 2.65. The molecular formula is C21H25N5O. The van der Waals surface area contributed by atoms with Crippen LogP contribution in [-0.4, -0.2) is 49.9 Å². The van der Waals surface area contributed by atoms with Crippen LogP contribution in [0.2, 0.25) is 0 Å². The molecule has 0 unspecified atom stereocenters. The Morgan fingerprint density at radius 3 is 2.52 bits per heavy atom. The minimum absolute atomic E-state index is 0.334. The number of aryl methyl sites for hydroxylation is 1. The zero-order valence-corrected chi connectivity index (χ0v) is 15.7. The number of fused-ring (bicyclic) bond motifs is 1. The van der Waals surface area contributed by atoms with E-state index in [-0.39, 0.29) is 0 Å². The van der Waals surface area contributed by atoms with Crippen LogP contribution in [-0.2, 0) is 0 Å². The van der Waals surface area contributed by atoms with Crippen LogP contribution in [0.3, 0.4) is 0 Å². The first kappa shape index (κ1) is 16.7. The molecule has 6 nitrogen and oxygen atoms in total. The van der Waals surface area contributed by atoms with Crippen LogP contribution < -0.4 is 4.74 Å². The molecule has 1 aromatic carbocycles. The van der Waals surface area contributed by atoms with Gasteiger partial charge in [0.15, 0.2) is 5.65 Å². The third kappa shape index (κ3) is 3.30. The number of piperidine rings is 1. The van der Waals surface area contributed by atoms with Crippen LogP contribution >= 0.6 is 0 Å². The molecule has 0 spiro atoms. The Bertz CT molecular complexity index is 923. The highest BCUT2D eigenvalue weighted by Crippen LogP contribution is 2.29. The normalized spacial score (nSPS) is 19.3. The summed E-state index contributed by atoms with van der Waals surface area (Å²) in [6.07, 6.45) is 8.41. The smallest absolute Gasteiger partial charge is 0.177 e. The molecule has 0 bridgehead atoms. The largest absolute Gasteiger partial charge is 0.490 e. The predicted octanol–water partition coefficient (Wildman–Crippen LogP) is 3.50. The van der Waals surface area contributed by atoms with E-state index in [2.05, 4.69) is 51.4 Å². The molecule has 0 radical (unpaired) electrons. The van der Waals surface area contributed by atoms with E-state index in [4.69, 9.17) is 4.74 Å². The van der Waals surface area contributed by atoms with E-state index in [0.29, 0.717) is 6.10 Å². The Labute approximate surface area is 159 Å². The molecule has 3 aromatic rings. The number of hydrogen-bond donors (Lipinski definition) is 0. The summed E-state index contributed by atoms with van der Waals surface area (Å²) in [6.45, 7) is 4.41. The molecule has 6 heteroatoms. The number of rotatable bonds is 4. The fraction of sp³-hybridized carbons (Fsp3) is 0.476. The summed E-state index contributed by atoms with van der Waals surface area (Å²) in [5.74, 6) is 0.948. The summed E-state index contributed by atoms with van der Waals surface area (Å²) in [7, 11) is 0. The molecule has 1 aliphatic carbocycles. The number of nitrogens with zero attached hydrogens (tertiary/aromatic N) is 5. The van der Waals surface area contributed by atoms with Crippen LogP contribution in [0, 0.1) is 6.92 Å². The highest BCUT2D eigenvalue weighted by atomic mass is 16.5. The first-order valence-electron chi connectivity index (χ1n) is 9.95. The van der Waals surface area contributed by atoms with Gasteiger partial charge in [-0.15, -0.1) is 10.2 Å². The summed E-state index contributed by atoms with van der Waals surface area (Å²) in [5.41, 5.74) is 3.88. The van der Waals surface area contributed by atoms with Gasteiger partial charge in [0.05, 0.1) is 5.69 Å². The van der Waals surface area contributed by atoms with Crippen molar-refractivity contribution in [1.29, 1.82) is 0 Å². The topological polar surface area (TPSA) is 55.6 Å². The van der Waals surface area contributed by atoms with Crippen LogP contribution in [0.1, 0.15) is 37.7 Å². The van der Waals surface area contributed by atoms with Crippen molar-refractivity contribution in [3.05, 3.63) is 42.2 Å². The minimum Gasteiger partial charge on any atom is -0.490 e. The lowest BCUT2D eigenvalue weighted by molar-refractivity contribution is 0.0493. The minimum atomic E-state index is 0.334. The molecule has 2 fully saturated rings. The lowest BCUT2D eigenvalue weighted by Crippen LogP contribution is -2.46. The molecular weight excluding hydrogens is 338 g/mol. The molecule has 1 aliphatic heterocycles. The second-order valence-corrected chi connectivity index (χ2v) is 7.77. The van der Waals surface area contributed by atoms with E-state index in [1.807, 2.05) is 6.07 Å². The maximum absolute atomic E-state index is 6.24. The van der Waals surface area contributed by atoms with Crippen molar-refractivity contribution in [1.82, 2.24) is 24.7 Å². The van der Waals surface area contributed by atoms with E-state index in [0.717, 1.165) is 47.1 Å². The quantitative estimate of drug-likeness (QED) is 0.710. The van der Waals surface area contributed by atoms with E-state index in [1.54, 1.807) is 10.8 Å². The van der Waals surface area contributed by atoms with E-state index in [1.165, 1.54) is 32.4 Å². The van der Waals surface area contributed by atoms with Gasteiger partial charge in [0, 0.05) is 24.7 Å². The van der Waals surface area contributed by atoms with Crippen molar-refractivity contribution in [2.75, 3.05) is 13.1 Å². The average molecular weight is 363 g/mol. The molecule has 2 aliphatic rings. The van der Waals surface area contributed by atoms with Gasteiger partial charge < -0.3 is 9.64 Å². The van der Waals surface area contributed by atoms with Gasteiger partial charge in [0.25, 0.3) is 0 Å². The van der Waals surface area contributed by atoms with Crippen LogP contribution in [0.4, 0.5) is 0 Å². The predicted molar refractivity (Wildman–Crippen MR) is 104 cm³/mol. The molecule has 5 rings (SSSR count). The van der Waals surface area contributed by atoms with Gasteiger partial charge >= 0.3 is 0 Å². The lowest BCUT2D eigenvalue weighted by atomic mass is 9.90. The monoisotopic (exact) mass is 363 g/mol. The Hall–Kier alpha value is -2.47. The van der Waals surface area contributed by atoms with Crippen LogP contribution in [0.5, 0.6) is 5.75 Å². The Morgan fingerprint density at radius 2 is 1.81 bits per heavy atom. The number of likely N-dealkylation sites (tertiary alicyclic amines) is 1. The summed E-state index contributed by atoms with van der Waals surface area (Å²) < 4.78 is 7.95. The maximum Gasteiger partial charge on any atom is 0.177 e. The molecule has 1 saturated carbocycles. The molecule has 0 amide bonds. The number of aromatic nitrogens is 4. The van der Waals surface area contributed by atoms with Crippen molar-refractivity contribution in [2.45, 2.75) is 51.2 Å². The summed E-state index contributed by atoms with van der Waals surface area (Å²) in [6, 6.07) is 11.2. The van der Waals surface area contributed by atoms with E-state index in [9.17, 15) is 0 Å². The highest BCUT2D eigenvalue weighted by molar-refractivity contribution is 5.65. The van der Waals surface area contributed by atoms with Gasteiger partial charge in [-0.1, -0.05) is 6.42 Å². The van der Waals surface area contributed by atoms with Crippen molar-refractivity contribution < 1.29 is 4.74 Å². The van der Waals surface area contributed by atoms with Crippen LogP contribution in [0.15, 0.2) is 36.7 Å². The first-order chi connectivity index (χ1) is 13.3. The van der Waals surface area contributed by atoms with Gasteiger partial charge in [0.1, 0.15) is 18.2 Å².